The summed E-state index contributed by atoms with van der Waals surface area (Å²) in [7, 11) is 0. The number of nitrogens with zero attached hydrogens (tertiary/aromatic N) is 4. The van der Waals surface area contributed by atoms with Crippen LogP contribution in [-0.2, 0) is 6.54 Å². The summed E-state index contributed by atoms with van der Waals surface area (Å²) in [6.45, 7) is 12.0. The zero-order valence-corrected chi connectivity index (χ0v) is 16.2. The van der Waals surface area contributed by atoms with Crippen LogP contribution in [-0.4, -0.2) is 57.0 Å². The number of rotatable bonds is 6. The summed E-state index contributed by atoms with van der Waals surface area (Å²) in [5, 5.41) is 13.9. The Bertz CT molecular complexity index is 774. The summed E-state index contributed by atoms with van der Waals surface area (Å²) in [6, 6.07) is 5.19. The summed E-state index contributed by atoms with van der Waals surface area (Å²) in [6.07, 6.45) is 0. The van der Waals surface area contributed by atoms with Gasteiger partial charge in [-0.15, -0.1) is 5.10 Å². The van der Waals surface area contributed by atoms with Crippen molar-refractivity contribution in [1.82, 2.24) is 30.5 Å². The number of fused-ring (bicyclic) bond motifs is 1. The lowest BCUT2D eigenvalue weighted by molar-refractivity contribution is 0.0773. The van der Waals surface area contributed by atoms with Gasteiger partial charge in [-0.05, 0) is 52.8 Å². The average Bonchev–Trinajstić information content (AvgIpc) is 2.96. The highest BCUT2D eigenvalue weighted by molar-refractivity contribution is 5.97. The SMILES string of the molecule is CCN(CC)C(=O)c1ccc2c(c1)nnn2CCNC(=O)NC(C)(C)C. The summed E-state index contributed by atoms with van der Waals surface area (Å²) < 4.78 is 1.72. The van der Waals surface area contributed by atoms with Crippen molar-refractivity contribution in [3.63, 3.8) is 0 Å². The monoisotopic (exact) mass is 360 g/mol. The molecule has 0 aliphatic rings. The van der Waals surface area contributed by atoms with E-state index in [4.69, 9.17) is 0 Å². The van der Waals surface area contributed by atoms with Gasteiger partial charge in [0, 0.05) is 30.7 Å². The molecule has 8 heteroatoms. The molecular weight excluding hydrogens is 332 g/mol. The second-order valence-electron chi connectivity index (χ2n) is 7.12. The Hall–Kier alpha value is -2.64. The second kappa shape index (κ2) is 8.16. The van der Waals surface area contributed by atoms with E-state index in [-0.39, 0.29) is 17.5 Å². The third-order valence-electron chi connectivity index (χ3n) is 3.91. The van der Waals surface area contributed by atoms with Crippen LogP contribution in [0, 0.1) is 0 Å². The highest BCUT2D eigenvalue weighted by Crippen LogP contribution is 2.15. The van der Waals surface area contributed by atoms with Crippen LogP contribution in [0.5, 0.6) is 0 Å². The van der Waals surface area contributed by atoms with E-state index in [9.17, 15) is 9.59 Å². The zero-order valence-electron chi connectivity index (χ0n) is 16.2. The molecule has 142 valence electrons. The first kappa shape index (κ1) is 19.7. The number of aromatic nitrogens is 3. The van der Waals surface area contributed by atoms with Crippen molar-refractivity contribution in [2.45, 2.75) is 46.7 Å². The first-order chi connectivity index (χ1) is 12.2. The molecular formula is C18H28N6O2. The van der Waals surface area contributed by atoms with Crippen molar-refractivity contribution in [3.8, 4) is 0 Å². The lowest BCUT2D eigenvalue weighted by Gasteiger charge is -2.20. The molecule has 0 saturated carbocycles. The number of carbonyl (C=O) groups excluding carboxylic acids is 2. The molecule has 0 saturated heterocycles. The molecule has 1 aromatic carbocycles. The van der Waals surface area contributed by atoms with E-state index in [1.54, 1.807) is 21.7 Å². The van der Waals surface area contributed by atoms with Crippen LogP contribution in [0.3, 0.4) is 0 Å². The van der Waals surface area contributed by atoms with Crippen molar-refractivity contribution in [1.29, 1.82) is 0 Å². The number of hydrogen-bond acceptors (Lipinski definition) is 4. The van der Waals surface area contributed by atoms with E-state index in [0.717, 1.165) is 5.52 Å². The number of amides is 3. The Labute approximate surface area is 153 Å². The van der Waals surface area contributed by atoms with Crippen molar-refractivity contribution in [3.05, 3.63) is 23.8 Å². The minimum Gasteiger partial charge on any atom is -0.339 e. The molecule has 0 fully saturated rings. The van der Waals surface area contributed by atoms with Crippen LogP contribution < -0.4 is 10.6 Å². The van der Waals surface area contributed by atoms with Crippen LogP contribution in [0.25, 0.3) is 11.0 Å². The molecule has 0 bridgehead atoms. The predicted octanol–water partition coefficient (Wildman–Crippen LogP) is 2.01. The number of urea groups is 1. The van der Waals surface area contributed by atoms with Gasteiger partial charge >= 0.3 is 6.03 Å². The molecule has 2 rings (SSSR count). The third kappa shape index (κ3) is 4.93. The summed E-state index contributed by atoms with van der Waals surface area (Å²) in [5.41, 5.74) is 1.83. The first-order valence-electron chi connectivity index (χ1n) is 8.93. The molecule has 0 atom stereocenters. The Morgan fingerprint density at radius 2 is 1.88 bits per heavy atom. The average molecular weight is 360 g/mol. The lowest BCUT2D eigenvalue weighted by Crippen LogP contribution is -2.47. The van der Waals surface area contributed by atoms with E-state index in [1.165, 1.54) is 0 Å². The smallest absolute Gasteiger partial charge is 0.315 e. The van der Waals surface area contributed by atoms with Gasteiger partial charge in [0.25, 0.3) is 5.91 Å². The molecule has 0 aliphatic heterocycles. The predicted molar refractivity (Wildman–Crippen MR) is 101 cm³/mol. The fourth-order valence-corrected chi connectivity index (χ4v) is 2.62. The van der Waals surface area contributed by atoms with E-state index >= 15 is 0 Å². The lowest BCUT2D eigenvalue weighted by atomic mass is 10.1. The topological polar surface area (TPSA) is 92.2 Å². The minimum absolute atomic E-state index is 0.00744. The molecule has 0 radical (unpaired) electrons. The van der Waals surface area contributed by atoms with E-state index in [0.29, 0.717) is 37.3 Å². The second-order valence-corrected chi connectivity index (χ2v) is 7.12. The molecule has 0 spiro atoms. The van der Waals surface area contributed by atoms with Crippen molar-refractivity contribution < 1.29 is 9.59 Å². The molecule has 3 amide bonds. The normalized spacial score (nSPS) is 11.4. The van der Waals surface area contributed by atoms with Crippen LogP contribution in [0.1, 0.15) is 45.0 Å². The Kier molecular flexibility index (Phi) is 6.18. The maximum atomic E-state index is 12.4. The Morgan fingerprint density at radius 1 is 1.19 bits per heavy atom. The van der Waals surface area contributed by atoms with Gasteiger partial charge in [-0.1, -0.05) is 5.21 Å². The summed E-state index contributed by atoms with van der Waals surface area (Å²) in [5.74, 6) is -0.00744. The molecule has 1 aromatic heterocycles. The fraction of sp³-hybridized carbons (Fsp3) is 0.556. The number of hydrogen-bond donors (Lipinski definition) is 2. The van der Waals surface area contributed by atoms with Gasteiger partial charge in [0.1, 0.15) is 5.52 Å². The molecule has 2 N–H and O–H groups in total. The summed E-state index contributed by atoms with van der Waals surface area (Å²) in [4.78, 5) is 26.0. The maximum absolute atomic E-state index is 12.4. The van der Waals surface area contributed by atoms with Crippen molar-refractivity contribution >= 4 is 23.0 Å². The van der Waals surface area contributed by atoms with Gasteiger partial charge in [-0.25, -0.2) is 9.48 Å². The van der Waals surface area contributed by atoms with Crippen LogP contribution in [0.2, 0.25) is 0 Å². The van der Waals surface area contributed by atoms with Crippen molar-refractivity contribution in [2.24, 2.45) is 0 Å². The fourth-order valence-electron chi connectivity index (χ4n) is 2.62. The number of carbonyl (C=O) groups is 2. The number of benzene rings is 1. The standard InChI is InChI=1S/C18H28N6O2/c1-6-23(7-2)16(25)13-8-9-15-14(12-13)21-22-24(15)11-10-19-17(26)20-18(3,4)5/h8-9,12H,6-7,10-11H2,1-5H3,(H2,19,20,26). The van der Waals surface area contributed by atoms with Gasteiger partial charge in [-0.3, -0.25) is 4.79 Å². The van der Waals surface area contributed by atoms with Gasteiger partial charge in [0.05, 0.1) is 12.1 Å². The number of nitrogens with one attached hydrogen (secondary N) is 2. The minimum atomic E-state index is -0.280. The molecule has 26 heavy (non-hydrogen) atoms. The highest BCUT2D eigenvalue weighted by Gasteiger charge is 2.15. The molecule has 1 heterocycles. The molecule has 8 nitrogen and oxygen atoms in total. The van der Waals surface area contributed by atoms with E-state index < -0.39 is 0 Å². The Morgan fingerprint density at radius 3 is 2.50 bits per heavy atom. The van der Waals surface area contributed by atoms with E-state index in [2.05, 4.69) is 20.9 Å². The molecule has 0 aliphatic carbocycles. The quantitative estimate of drug-likeness (QED) is 0.824. The Balaban J connectivity index is 2.03. The van der Waals surface area contributed by atoms with Gasteiger partial charge in [0.15, 0.2) is 0 Å². The van der Waals surface area contributed by atoms with E-state index in [1.807, 2.05) is 40.7 Å². The zero-order chi connectivity index (χ0) is 19.3. The van der Waals surface area contributed by atoms with Crippen molar-refractivity contribution in [2.75, 3.05) is 19.6 Å². The van der Waals surface area contributed by atoms with Gasteiger partial charge < -0.3 is 15.5 Å². The largest absolute Gasteiger partial charge is 0.339 e. The molecule has 0 unspecified atom stereocenters. The maximum Gasteiger partial charge on any atom is 0.315 e. The van der Waals surface area contributed by atoms with Gasteiger partial charge in [0.2, 0.25) is 0 Å². The summed E-state index contributed by atoms with van der Waals surface area (Å²) >= 11 is 0. The van der Waals surface area contributed by atoms with Gasteiger partial charge in [-0.2, -0.15) is 0 Å². The van der Waals surface area contributed by atoms with Crippen LogP contribution in [0.15, 0.2) is 18.2 Å². The highest BCUT2D eigenvalue weighted by atomic mass is 16.2. The first-order valence-corrected chi connectivity index (χ1v) is 8.93. The van der Waals surface area contributed by atoms with Crippen LogP contribution >= 0.6 is 0 Å². The molecule has 2 aromatic rings. The van der Waals surface area contributed by atoms with Crippen LogP contribution in [0.4, 0.5) is 4.79 Å². The third-order valence-corrected chi connectivity index (χ3v) is 3.91.